The zero-order chi connectivity index (χ0) is 12.3. The van der Waals surface area contributed by atoms with Crippen LogP contribution in [0.3, 0.4) is 0 Å². The van der Waals surface area contributed by atoms with Crippen molar-refractivity contribution in [3.05, 3.63) is 20.8 Å². The third-order valence-electron chi connectivity index (χ3n) is 2.77. The van der Waals surface area contributed by atoms with E-state index in [1.165, 1.54) is 0 Å². The molecule has 1 atom stereocenters. The first-order valence-electron chi connectivity index (χ1n) is 5.44. The van der Waals surface area contributed by atoms with Crippen molar-refractivity contribution >= 4 is 33.2 Å². The summed E-state index contributed by atoms with van der Waals surface area (Å²) in [5.41, 5.74) is 0. The second-order valence-corrected chi connectivity index (χ2v) is 5.79. The molecule has 2 rings (SSSR count). The highest BCUT2D eigenvalue weighted by Crippen LogP contribution is 2.32. The average Bonchev–Trinajstić information content (AvgIpc) is 2.73. The molecule has 1 aromatic rings. The lowest BCUT2D eigenvalue weighted by Crippen LogP contribution is -2.39. The van der Waals surface area contributed by atoms with Gasteiger partial charge >= 0.3 is 5.97 Å². The van der Waals surface area contributed by atoms with Crippen LogP contribution >= 0.6 is 27.3 Å². The topological polar surface area (TPSA) is 49.8 Å². The molecule has 1 aliphatic rings. The molecule has 0 bridgehead atoms. The van der Waals surface area contributed by atoms with E-state index in [2.05, 4.69) is 20.8 Å². The second kappa shape index (κ2) is 5.95. The molecule has 0 saturated carbocycles. The fourth-order valence-corrected chi connectivity index (χ4v) is 3.55. The van der Waals surface area contributed by atoms with Crippen LogP contribution in [0, 0.1) is 0 Å². The van der Waals surface area contributed by atoms with Crippen molar-refractivity contribution in [1.29, 1.82) is 0 Å². The number of hydrogen-bond acceptors (Lipinski definition) is 4. The molecule has 1 fully saturated rings. The van der Waals surface area contributed by atoms with Crippen LogP contribution in [-0.2, 0) is 9.53 Å². The largest absolute Gasteiger partial charge is 0.481 e. The van der Waals surface area contributed by atoms with Crippen molar-refractivity contribution in [1.82, 2.24) is 4.90 Å². The van der Waals surface area contributed by atoms with Crippen LogP contribution in [-0.4, -0.2) is 42.3 Å². The number of carboxylic acid groups (broad SMARTS) is 1. The molecular weight excluding hydrogens is 306 g/mol. The first kappa shape index (κ1) is 13.0. The summed E-state index contributed by atoms with van der Waals surface area (Å²) < 4.78 is 6.32. The molecule has 1 aromatic heterocycles. The molecule has 94 valence electrons. The Bertz CT molecular complexity index is 390. The van der Waals surface area contributed by atoms with Crippen LogP contribution in [0.2, 0.25) is 0 Å². The smallest absolute Gasteiger partial charge is 0.305 e. The van der Waals surface area contributed by atoms with Crippen molar-refractivity contribution in [3.8, 4) is 0 Å². The van der Waals surface area contributed by atoms with Crippen molar-refractivity contribution in [3.63, 3.8) is 0 Å². The monoisotopic (exact) mass is 319 g/mol. The van der Waals surface area contributed by atoms with E-state index in [1.54, 1.807) is 11.3 Å². The Morgan fingerprint density at radius 2 is 2.29 bits per heavy atom. The van der Waals surface area contributed by atoms with E-state index in [4.69, 9.17) is 9.84 Å². The van der Waals surface area contributed by atoms with E-state index in [9.17, 15) is 4.79 Å². The molecule has 2 heterocycles. The van der Waals surface area contributed by atoms with Gasteiger partial charge in [0.05, 0.1) is 25.7 Å². The van der Waals surface area contributed by atoms with Crippen molar-refractivity contribution < 1.29 is 14.6 Å². The lowest BCUT2D eigenvalue weighted by molar-refractivity contribution is -0.139. The summed E-state index contributed by atoms with van der Waals surface area (Å²) in [4.78, 5) is 14.3. The summed E-state index contributed by atoms with van der Waals surface area (Å²) >= 11 is 5.01. The lowest BCUT2D eigenvalue weighted by atomic mass is 10.1. The summed E-state index contributed by atoms with van der Waals surface area (Å²) in [6.45, 7) is 2.96. The zero-order valence-electron chi connectivity index (χ0n) is 9.26. The number of aliphatic carboxylic acids is 1. The molecule has 0 radical (unpaired) electrons. The van der Waals surface area contributed by atoms with E-state index in [-0.39, 0.29) is 12.5 Å². The van der Waals surface area contributed by atoms with Crippen LogP contribution in [0.4, 0.5) is 0 Å². The summed E-state index contributed by atoms with van der Waals surface area (Å²) in [6.07, 6.45) is 0.146. The number of thiophene rings is 1. The molecule has 4 nitrogen and oxygen atoms in total. The maximum atomic E-state index is 11.0. The quantitative estimate of drug-likeness (QED) is 0.925. The Kier molecular flexibility index (Phi) is 4.55. The predicted molar refractivity (Wildman–Crippen MR) is 69.4 cm³/mol. The molecular formula is C11H14BrNO3S. The maximum Gasteiger partial charge on any atom is 0.305 e. The van der Waals surface area contributed by atoms with Gasteiger partial charge in [0.2, 0.25) is 0 Å². The van der Waals surface area contributed by atoms with Gasteiger partial charge in [-0.25, -0.2) is 0 Å². The van der Waals surface area contributed by atoms with Gasteiger partial charge in [-0.15, -0.1) is 11.3 Å². The lowest BCUT2D eigenvalue weighted by Gasteiger charge is -2.33. The molecule has 0 aromatic carbocycles. The van der Waals surface area contributed by atoms with Crippen LogP contribution < -0.4 is 0 Å². The van der Waals surface area contributed by atoms with Crippen molar-refractivity contribution in [2.75, 3.05) is 26.3 Å². The van der Waals surface area contributed by atoms with E-state index in [0.29, 0.717) is 13.2 Å². The van der Waals surface area contributed by atoms with Crippen molar-refractivity contribution in [2.45, 2.75) is 12.5 Å². The van der Waals surface area contributed by atoms with Gasteiger partial charge in [-0.05, 0) is 22.0 Å². The predicted octanol–water partition coefficient (Wildman–Crippen LogP) is 2.36. The molecule has 0 spiro atoms. The summed E-state index contributed by atoms with van der Waals surface area (Å²) in [7, 11) is 0. The number of carbonyl (C=O) groups is 1. The highest BCUT2D eigenvalue weighted by molar-refractivity contribution is 9.10. The molecule has 1 unspecified atom stereocenters. The van der Waals surface area contributed by atoms with E-state index < -0.39 is 5.97 Å². The standard InChI is InChI=1S/C11H14BrNO3S/c12-8-5-10(17-7-8)9(6-11(14)15)13-1-3-16-4-2-13/h5,7,9H,1-4,6H2,(H,14,15). The molecule has 6 heteroatoms. The van der Waals surface area contributed by atoms with Gasteiger partial charge in [-0.3, -0.25) is 9.69 Å². The zero-order valence-corrected chi connectivity index (χ0v) is 11.7. The minimum absolute atomic E-state index is 0.0345. The number of hydrogen-bond donors (Lipinski definition) is 1. The van der Waals surface area contributed by atoms with E-state index >= 15 is 0 Å². The second-order valence-electron chi connectivity index (χ2n) is 3.93. The maximum absolute atomic E-state index is 11.0. The fourth-order valence-electron chi connectivity index (χ4n) is 1.97. The summed E-state index contributed by atoms with van der Waals surface area (Å²) in [5.74, 6) is -0.758. The first-order valence-corrected chi connectivity index (χ1v) is 7.11. The third kappa shape index (κ3) is 3.51. The van der Waals surface area contributed by atoms with Gasteiger partial charge < -0.3 is 9.84 Å². The number of carboxylic acids is 1. The Hall–Kier alpha value is -0.430. The normalized spacial score (nSPS) is 19.1. The van der Waals surface area contributed by atoms with Gasteiger partial charge in [0, 0.05) is 27.8 Å². The number of ether oxygens (including phenoxy) is 1. The Morgan fingerprint density at radius 1 is 1.59 bits per heavy atom. The van der Waals surface area contributed by atoms with Gasteiger partial charge in [-0.1, -0.05) is 0 Å². The first-order chi connectivity index (χ1) is 8.16. The molecule has 1 N–H and O–H groups in total. The SMILES string of the molecule is O=C(O)CC(c1cc(Br)cs1)N1CCOCC1. The minimum Gasteiger partial charge on any atom is -0.481 e. The van der Waals surface area contributed by atoms with E-state index in [0.717, 1.165) is 22.4 Å². The summed E-state index contributed by atoms with van der Waals surface area (Å²) in [6, 6.07) is 1.97. The van der Waals surface area contributed by atoms with Crippen molar-refractivity contribution in [2.24, 2.45) is 0 Å². The molecule has 1 aliphatic heterocycles. The van der Waals surface area contributed by atoms with Crippen LogP contribution in [0.1, 0.15) is 17.3 Å². The number of nitrogens with zero attached hydrogens (tertiary/aromatic N) is 1. The number of halogens is 1. The number of morpholine rings is 1. The van der Waals surface area contributed by atoms with Crippen LogP contribution in [0.25, 0.3) is 0 Å². The highest BCUT2D eigenvalue weighted by Gasteiger charge is 2.25. The highest BCUT2D eigenvalue weighted by atomic mass is 79.9. The van der Waals surface area contributed by atoms with Crippen LogP contribution in [0.15, 0.2) is 15.9 Å². The van der Waals surface area contributed by atoms with E-state index in [1.807, 2.05) is 11.4 Å². The molecule has 17 heavy (non-hydrogen) atoms. The molecule has 1 saturated heterocycles. The molecule has 0 amide bonds. The minimum atomic E-state index is -0.758. The number of rotatable bonds is 4. The van der Waals surface area contributed by atoms with Crippen LogP contribution in [0.5, 0.6) is 0 Å². The van der Waals surface area contributed by atoms with Gasteiger partial charge in [0.15, 0.2) is 0 Å². The average molecular weight is 320 g/mol. The van der Waals surface area contributed by atoms with Gasteiger partial charge in [0.25, 0.3) is 0 Å². The van der Waals surface area contributed by atoms with Gasteiger partial charge in [0.1, 0.15) is 0 Å². The Balaban J connectivity index is 2.14. The molecule has 0 aliphatic carbocycles. The Morgan fingerprint density at radius 3 is 2.82 bits per heavy atom. The fraction of sp³-hybridized carbons (Fsp3) is 0.545. The van der Waals surface area contributed by atoms with Gasteiger partial charge in [-0.2, -0.15) is 0 Å². The third-order valence-corrected chi connectivity index (χ3v) is 4.57. The summed E-state index contributed by atoms with van der Waals surface area (Å²) in [5, 5.41) is 11.0. The Labute approximate surface area is 112 Å².